The van der Waals surface area contributed by atoms with Gasteiger partial charge < -0.3 is 15.5 Å². The molecule has 2 aromatic carbocycles. The zero-order chi connectivity index (χ0) is 18.8. The minimum atomic E-state index is -0.277. The van der Waals surface area contributed by atoms with E-state index in [0.717, 1.165) is 17.1 Å². The Morgan fingerprint density at radius 3 is 2.78 bits per heavy atom. The second kappa shape index (κ2) is 7.44. The first-order valence-electron chi connectivity index (χ1n) is 8.89. The number of thioether (sulfide) groups is 1. The molecule has 0 aliphatic carbocycles. The Morgan fingerprint density at radius 1 is 1.11 bits per heavy atom. The van der Waals surface area contributed by atoms with Gasteiger partial charge in [-0.2, -0.15) is 0 Å². The van der Waals surface area contributed by atoms with E-state index >= 15 is 0 Å². The number of para-hydroxylation sites is 2. The van der Waals surface area contributed by atoms with Crippen molar-refractivity contribution < 1.29 is 14.4 Å². The van der Waals surface area contributed by atoms with E-state index in [-0.39, 0.29) is 17.7 Å². The van der Waals surface area contributed by atoms with Crippen LogP contribution in [0.5, 0.6) is 0 Å². The topological polar surface area (TPSA) is 78.5 Å². The molecule has 27 heavy (non-hydrogen) atoms. The SMILES string of the molecule is O=C1CCSc2ccc(C(=O)Nc3ccccc3N3CCCC3=O)cc2N1. The number of nitrogens with zero attached hydrogens (tertiary/aromatic N) is 1. The van der Waals surface area contributed by atoms with E-state index < -0.39 is 0 Å². The summed E-state index contributed by atoms with van der Waals surface area (Å²) in [7, 11) is 0. The van der Waals surface area contributed by atoms with Crippen LogP contribution in [0, 0.1) is 0 Å². The van der Waals surface area contributed by atoms with E-state index in [1.54, 1.807) is 34.9 Å². The molecule has 2 aromatic rings. The van der Waals surface area contributed by atoms with Crippen LogP contribution < -0.4 is 15.5 Å². The van der Waals surface area contributed by atoms with Crippen LogP contribution in [-0.4, -0.2) is 30.0 Å². The molecule has 7 heteroatoms. The van der Waals surface area contributed by atoms with Gasteiger partial charge in [0.2, 0.25) is 11.8 Å². The highest BCUT2D eigenvalue weighted by atomic mass is 32.2. The van der Waals surface area contributed by atoms with Crippen molar-refractivity contribution in [3.63, 3.8) is 0 Å². The molecule has 0 aromatic heterocycles. The Hall–Kier alpha value is -2.80. The van der Waals surface area contributed by atoms with Crippen LogP contribution in [0.1, 0.15) is 29.6 Å². The van der Waals surface area contributed by atoms with Crippen molar-refractivity contribution in [3.05, 3.63) is 48.0 Å². The van der Waals surface area contributed by atoms with Gasteiger partial charge in [0.1, 0.15) is 0 Å². The number of hydrogen-bond acceptors (Lipinski definition) is 4. The summed E-state index contributed by atoms with van der Waals surface area (Å²) in [4.78, 5) is 39.3. The fourth-order valence-electron chi connectivity index (χ4n) is 3.27. The summed E-state index contributed by atoms with van der Waals surface area (Å²) in [6.07, 6.45) is 1.81. The van der Waals surface area contributed by atoms with Gasteiger partial charge in [0.15, 0.2) is 0 Å². The van der Waals surface area contributed by atoms with Gasteiger partial charge in [0, 0.05) is 35.6 Å². The summed E-state index contributed by atoms with van der Waals surface area (Å²) < 4.78 is 0. The maximum Gasteiger partial charge on any atom is 0.255 e. The van der Waals surface area contributed by atoms with Crippen LogP contribution in [-0.2, 0) is 9.59 Å². The molecule has 0 unspecified atom stereocenters. The van der Waals surface area contributed by atoms with Crippen molar-refractivity contribution >= 4 is 46.5 Å². The van der Waals surface area contributed by atoms with Gasteiger partial charge in [-0.1, -0.05) is 12.1 Å². The average Bonchev–Trinajstić information content (AvgIpc) is 2.99. The molecule has 2 heterocycles. The highest BCUT2D eigenvalue weighted by molar-refractivity contribution is 7.99. The Bertz CT molecular complexity index is 928. The molecule has 2 aliphatic heterocycles. The van der Waals surface area contributed by atoms with E-state index in [9.17, 15) is 14.4 Å². The third kappa shape index (κ3) is 3.68. The monoisotopic (exact) mass is 381 g/mol. The van der Waals surface area contributed by atoms with Crippen molar-refractivity contribution in [2.24, 2.45) is 0 Å². The molecule has 2 aliphatic rings. The lowest BCUT2D eigenvalue weighted by atomic mass is 10.1. The smallest absolute Gasteiger partial charge is 0.255 e. The first kappa shape index (κ1) is 17.6. The molecular formula is C20H19N3O3S. The zero-order valence-corrected chi connectivity index (χ0v) is 15.5. The van der Waals surface area contributed by atoms with Crippen molar-refractivity contribution in [1.82, 2.24) is 0 Å². The van der Waals surface area contributed by atoms with E-state index in [4.69, 9.17) is 0 Å². The van der Waals surface area contributed by atoms with Crippen LogP contribution in [0.15, 0.2) is 47.4 Å². The van der Waals surface area contributed by atoms with E-state index in [2.05, 4.69) is 10.6 Å². The normalized spacial score (nSPS) is 16.5. The third-order valence-corrected chi connectivity index (χ3v) is 5.69. The molecule has 0 spiro atoms. The van der Waals surface area contributed by atoms with Crippen molar-refractivity contribution in [2.45, 2.75) is 24.2 Å². The first-order chi connectivity index (χ1) is 13.1. The summed E-state index contributed by atoms with van der Waals surface area (Å²) in [5.74, 6) is 0.472. The number of carbonyl (C=O) groups excluding carboxylic acids is 3. The van der Waals surface area contributed by atoms with Crippen LogP contribution in [0.4, 0.5) is 17.1 Å². The lowest BCUT2D eigenvalue weighted by Gasteiger charge is -2.20. The quantitative estimate of drug-likeness (QED) is 0.853. The number of hydrogen-bond donors (Lipinski definition) is 2. The molecule has 138 valence electrons. The fraction of sp³-hybridized carbons (Fsp3) is 0.250. The Morgan fingerprint density at radius 2 is 1.96 bits per heavy atom. The number of amides is 3. The predicted molar refractivity (Wildman–Crippen MR) is 106 cm³/mol. The summed E-state index contributed by atoms with van der Waals surface area (Å²) in [5.41, 5.74) is 2.44. The highest BCUT2D eigenvalue weighted by Crippen LogP contribution is 2.33. The van der Waals surface area contributed by atoms with Crippen LogP contribution in [0.3, 0.4) is 0 Å². The molecular weight excluding hydrogens is 362 g/mol. The lowest BCUT2D eigenvalue weighted by molar-refractivity contribution is -0.117. The van der Waals surface area contributed by atoms with Crippen LogP contribution in [0.25, 0.3) is 0 Å². The molecule has 3 amide bonds. The Kier molecular flexibility index (Phi) is 4.85. The Labute approximate surface area is 161 Å². The van der Waals surface area contributed by atoms with E-state index in [1.807, 2.05) is 24.3 Å². The van der Waals surface area contributed by atoms with Crippen LogP contribution >= 0.6 is 11.8 Å². The van der Waals surface area contributed by atoms with Crippen molar-refractivity contribution in [3.8, 4) is 0 Å². The molecule has 1 fully saturated rings. The molecule has 0 atom stereocenters. The Balaban J connectivity index is 1.58. The number of rotatable bonds is 3. The number of benzene rings is 2. The standard InChI is InChI=1S/C20H19N3O3S/c24-18-9-11-27-17-8-7-13(12-15(17)21-18)20(26)22-14-4-1-2-5-16(14)23-10-3-6-19(23)25/h1-2,4-5,7-8,12H,3,6,9-11H2,(H,21,24)(H,22,26). The maximum absolute atomic E-state index is 12.8. The van der Waals surface area contributed by atoms with Gasteiger partial charge >= 0.3 is 0 Å². The highest BCUT2D eigenvalue weighted by Gasteiger charge is 2.24. The van der Waals surface area contributed by atoms with Gasteiger partial charge in [-0.05, 0) is 36.8 Å². The predicted octanol–water partition coefficient (Wildman–Crippen LogP) is 3.50. The number of nitrogens with one attached hydrogen (secondary N) is 2. The summed E-state index contributed by atoms with van der Waals surface area (Å²) in [6, 6.07) is 12.6. The zero-order valence-electron chi connectivity index (χ0n) is 14.7. The second-order valence-corrected chi connectivity index (χ2v) is 7.61. The molecule has 0 saturated carbocycles. The number of anilines is 3. The minimum Gasteiger partial charge on any atom is -0.325 e. The third-order valence-electron chi connectivity index (χ3n) is 4.62. The summed E-state index contributed by atoms with van der Waals surface area (Å²) in [5, 5.41) is 5.76. The van der Waals surface area contributed by atoms with Gasteiger partial charge in [-0.25, -0.2) is 0 Å². The van der Waals surface area contributed by atoms with E-state index in [0.29, 0.717) is 42.0 Å². The van der Waals surface area contributed by atoms with Gasteiger partial charge in [0.05, 0.1) is 17.1 Å². The lowest BCUT2D eigenvalue weighted by Crippen LogP contribution is -2.25. The number of fused-ring (bicyclic) bond motifs is 1. The van der Waals surface area contributed by atoms with Gasteiger partial charge in [-0.3, -0.25) is 14.4 Å². The fourth-order valence-corrected chi connectivity index (χ4v) is 4.21. The average molecular weight is 381 g/mol. The second-order valence-electron chi connectivity index (χ2n) is 6.48. The van der Waals surface area contributed by atoms with E-state index in [1.165, 1.54) is 0 Å². The molecule has 1 saturated heterocycles. The molecule has 6 nitrogen and oxygen atoms in total. The van der Waals surface area contributed by atoms with Crippen molar-refractivity contribution in [2.75, 3.05) is 27.8 Å². The summed E-state index contributed by atoms with van der Waals surface area (Å²) >= 11 is 1.60. The minimum absolute atomic E-state index is 0.0447. The largest absolute Gasteiger partial charge is 0.325 e. The van der Waals surface area contributed by atoms with Gasteiger partial charge in [-0.15, -0.1) is 11.8 Å². The molecule has 0 bridgehead atoms. The first-order valence-corrected chi connectivity index (χ1v) is 9.88. The molecule has 2 N–H and O–H groups in total. The molecule has 0 radical (unpaired) electrons. The number of carbonyl (C=O) groups is 3. The van der Waals surface area contributed by atoms with Crippen molar-refractivity contribution in [1.29, 1.82) is 0 Å². The maximum atomic E-state index is 12.8. The molecule has 4 rings (SSSR count). The van der Waals surface area contributed by atoms with Crippen LogP contribution in [0.2, 0.25) is 0 Å². The summed E-state index contributed by atoms with van der Waals surface area (Å²) in [6.45, 7) is 0.661. The van der Waals surface area contributed by atoms with Gasteiger partial charge in [0.25, 0.3) is 5.91 Å².